The number of aliphatic imine (C=N–C) groups is 1. The number of hydrogen-bond donors (Lipinski definition) is 3. The molecule has 3 rings (SSSR count). The molecule has 2 aromatic heterocycles. The minimum atomic E-state index is -0.301. The molecule has 0 saturated carbocycles. The lowest BCUT2D eigenvalue weighted by atomic mass is 10.1. The number of anilines is 1. The van der Waals surface area contributed by atoms with Crippen LogP contribution in [0.15, 0.2) is 23.6 Å². The average Bonchev–Trinajstić information content (AvgIpc) is 2.90. The number of aryl methyl sites for hydroxylation is 2. The topological polar surface area (TPSA) is 133 Å². The number of aromatic nitrogens is 3. The summed E-state index contributed by atoms with van der Waals surface area (Å²) in [7, 11) is 1.65. The highest BCUT2D eigenvalue weighted by molar-refractivity contribution is 8.15. The molecule has 1 aliphatic heterocycles. The second-order valence-electron chi connectivity index (χ2n) is 7.36. The fraction of sp³-hybridized carbons (Fsp3) is 0.429. The van der Waals surface area contributed by atoms with E-state index in [0.717, 1.165) is 28.3 Å². The van der Waals surface area contributed by atoms with Gasteiger partial charge in [0.25, 0.3) is 0 Å². The second kappa shape index (κ2) is 9.42. The lowest BCUT2D eigenvalue weighted by molar-refractivity contribution is -0.120. The first-order valence-electron chi connectivity index (χ1n) is 10.1. The van der Waals surface area contributed by atoms with Gasteiger partial charge < -0.3 is 21.5 Å². The maximum atomic E-state index is 12.5. The molecule has 5 N–H and O–H groups in total. The smallest absolute Gasteiger partial charge is 0.233 e. The van der Waals surface area contributed by atoms with Crippen LogP contribution in [0.5, 0.6) is 5.75 Å². The summed E-state index contributed by atoms with van der Waals surface area (Å²) >= 11 is 1.34. The standard InChI is InChI=1S/C21H29N7O2S/c1-6-24-20(29)16-8-7-14-17(21(31-16)26-13(4)22)19(23)28(27-14)10-15-12(3)18(30-5)11(2)9-25-15/h9,16H,4,6-8,10,22-23H2,1-3,5H3,(H,24,29)/b26-21+. The Morgan fingerprint density at radius 1 is 1.48 bits per heavy atom. The number of fused-ring (bicyclic) bond motifs is 1. The number of rotatable bonds is 6. The largest absolute Gasteiger partial charge is 0.496 e. The first-order chi connectivity index (χ1) is 14.8. The van der Waals surface area contributed by atoms with Crippen LogP contribution in [0.4, 0.5) is 5.82 Å². The van der Waals surface area contributed by atoms with Crippen molar-refractivity contribution in [2.24, 2.45) is 10.7 Å². The van der Waals surface area contributed by atoms with Gasteiger partial charge in [-0.25, -0.2) is 9.67 Å². The molecule has 3 heterocycles. The fourth-order valence-electron chi connectivity index (χ4n) is 3.63. The first kappa shape index (κ1) is 22.7. The molecule has 0 bridgehead atoms. The van der Waals surface area contributed by atoms with Crippen molar-refractivity contribution in [3.8, 4) is 5.75 Å². The number of pyridine rings is 1. The van der Waals surface area contributed by atoms with Crippen molar-refractivity contribution in [1.82, 2.24) is 20.1 Å². The molecule has 0 saturated heterocycles. The van der Waals surface area contributed by atoms with Gasteiger partial charge in [-0.1, -0.05) is 18.3 Å². The maximum absolute atomic E-state index is 12.5. The van der Waals surface area contributed by atoms with Gasteiger partial charge in [0.2, 0.25) is 5.91 Å². The number of hydrogen-bond acceptors (Lipinski definition) is 8. The number of amides is 1. The maximum Gasteiger partial charge on any atom is 0.233 e. The van der Waals surface area contributed by atoms with Gasteiger partial charge in [0.1, 0.15) is 22.4 Å². The van der Waals surface area contributed by atoms with E-state index in [9.17, 15) is 4.79 Å². The molecule has 2 aromatic rings. The Morgan fingerprint density at radius 2 is 2.23 bits per heavy atom. The SMILES string of the molecule is C=C(N)/N=C1/SC(C(=O)NCC)CCc2nn(Cc3ncc(C)c(OC)c3C)c(N)c21. The van der Waals surface area contributed by atoms with Crippen molar-refractivity contribution in [3.05, 3.63) is 46.7 Å². The molecule has 0 fully saturated rings. The zero-order valence-corrected chi connectivity index (χ0v) is 19.2. The van der Waals surface area contributed by atoms with Crippen LogP contribution in [0.25, 0.3) is 0 Å². The number of nitrogens with one attached hydrogen (secondary N) is 1. The van der Waals surface area contributed by atoms with Crippen LogP contribution in [-0.2, 0) is 17.8 Å². The summed E-state index contributed by atoms with van der Waals surface area (Å²) in [6, 6.07) is 0. The molecule has 166 valence electrons. The molecule has 9 nitrogen and oxygen atoms in total. The van der Waals surface area contributed by atoms with Gasteiger partial charge in [-0.15, -0.1) is 0 Å². The van der Waals surface area contributed by atoms with E-state index in [1.807, 2.05) is 20.8 Å². The van der Waals surface area contributed by atoms with E-state index in [0.29, 0.717) is 42.4 Å². The molecule has 1 atom stereocenters. The van der Waals surface area contributed by atoms with Gasteiger partial charge in [-0.2, -0.15) is 5.10 Å². The van der Waals surface area contributed by atoms with Crippen molar-refractivity contribution >= 4 is 28.5 Å². The number of ether oxygens (including phenoxy) is 1. The number of thioether (sulfide) groups is 1. The highest BCUT2D eigenvalue weighted by Gasteiger charge is 2.31. The normalized spacial score (nSPS) is 17.2. The quantitative estimate of drug-likeness (QED) is 0.621. The molecule has 1 amide bonds. The van der Waals surface area contributed by atoms with Crippen LogP contribution < -0.4 is 21.5 Å². The second-order valence-corrected chi connectivity index (χ2v) is 8.55. The van der Waals surface area contributed by atoms with E-state index < -0.39 is 0 Å². The Bertz CT molecular complexity index is 1040. The van der Waals surface area contributed by atoms with Crippen molar-refractivity contribution in [2.75, 3.05) is 19.4 Å². The van der Waals surface area contributed by atoms with Crippen LogP contribution in [0.1, 0.15) is 41.4 Å². The van der Waals surface area contributed by atoms with Gasteiger partial charge in [0.05, 0.1) is 35.9 Å². The number of methoxy groups -OCH3 is 1. The zero-order chi connectivity index (χ0) is 22.7. The fourth-order valence-corrected chi connectivity index (χ4v) is 4.84. The first-order valence-corrected chi connectivity index (χ1v) is 11.0. The van der Waals surface area contributed by atoms with E-state index in [-0.39, 0.29) is 17.0 Å². The Kier molecular flexibility index (Phi) is 6.89. The van der Waals surface area contributed by atoms with E-state index in [4.69, 9.17) is 21.3 Å². The highest BCUT2D eigenvalue weighted by Crippen LogP contribution is 2.34. The summed E-state index contributed by atoms with van der Waals surface area (Å²) in [6.07, 6.45) is 3.00. The number of nitrogens with two attached hydrogens (primary N) is 2. The molecule has 1 aliphatic rings. The predicted molar refractivity (Wildman–Crippen MR) is 124 cm³/mol. The summed E-state index contributed by atoms with van der Waals surface area (Å²) < 4.78 is 7.23. The minimum absolute atomic E-state index is 0.0361. The van der Waals surface area contributed by atoms with E-state index in [2.05, 4.69) is 21.9 Å². The van der Waals surface area contributed by atoms with Gasteiger partial charge in [0.15, 0.2) is 0 Å². The summed E-state index contributed by atoms with van der Waals surface area (Å²) in [4.78, 5) is 21.4. The lowest BCUT2D eigenvalue weighted by Gasteiger charge is -2.15. The van der Waals surface area contributed by atoms with Crippen LogP contribution >= 0.6 is 11.8 Å². The van der Waals surface area contributed by atoms with Crippen molar-refractivity contribution in [1.29, 1.82) is 0 Å². The third-order valence-electron chi connectivity index (χ3n) is 5.11. The number of carbonyl (C=O) groups excluding carboxylic acids is 1. The van der Waals surface area contributed by atoms with Gasteiger partial charge >= 0.3 is 0 Å². The van der Waals surface area contributed by atoms with Crippen molar-refractivity contribution < 1.29 is 9.53 Å². The minimum Gasteiger partial charge on any atom is -0.496 e. The molecule has 0 radical (unpaired) electrons. The highest BCUT2D eigenvalue weighted by atomic mass is 32.2. The Labute approximate surface area is 186 Å². The molecular formula is C21H29N7O2S. The van der Waals surface area contributed by atoms with Crippen LogP contribution in [-0.4, -0.2) is 44.6 Å². The van der Waals surface area contributed by atoms with Crippen molar-refractivity contribution in [3.63, 3.8) is 0 Å². The van der Waals surface area contributed by atoms with Crippen molar-refractivity contribution in [2.45, 2.75) is 45.4 Å². The molecular weight excluding hydrogens is 414 g/mol. The van der Waals surface area contributed by atoms with Crippen LogP contribution in [0.2, 0.25) is 0 Å². The average molecular weight is 444 g/mol. The van der Waals surface area contributed by atoms with Crippen LogP contribution in [0, 0.1) is 13.8 Å². The third kappa shape index (κ3) is 4.68. The lowest BCUT2D eigenvalue weighted by Crippen LogP contribution is -2.33. The Hall–Kier alpha value is -3.01. The molecule has 0 aromatic carbocycles. The summed E-state index contributed by atoms with van der Waals surface area (Å²) in [5.41, 5.74) is 16.5. The summed E-state index contributed by atoms with van der Waals surface area (Å²) in [5.74, 6) is 1.38. The predicted octanol–water partition coefficient (Wildman–Crippen LogP) is 1.89. The molecule has 31 heavy (non-hydrogen) atoms. The third-order valence-corrected chi connectivity index (χ3v) is 6.37. The van der Waals surface area contributed by atoms with E-state index in [1.54, 1.807) is 18.0 Å². The number of carbonyl (C=O) groups is 1. The van der Waals surface area contributed by atoms with Gasteiger partial charge in [-0.05, 0) is 33.6 Å². The molecule has 1 unspecified atom stereocenters. The summed E-state index contributed by atoms with van der Waals surface area (Å²) in [5, 5.41) is 7.87. The zero-order valence-electron chi connectivity index (χ0n) is 18.4. The Morgan fingerprint density at radius 3 is 2.87 bits per heavy atom. The van der Waals surface area contributed by atoms with Crippen LogP contribution in [0.3, 0.4) is 0 Å². The molecule has 0 spiro atoms. The summed E-state index contributed by atoms with van der Waals surface area (Å²) in [6.45, 7) is 10.5. The van der Waals surface area contributed by atoms with Gasteiger partial charge in [0, 0.05) is 23.9 Å². The van der Waals surface area contributed by atoms with E-state index >= 15 is 0 Å². The monoisotopic (exact) mass is 443 g/mol. The Balaban J connectivity index is 2.00. The molecule has 10 heteroatoms. The van der Waals surface area contributed by atoms with E-state index in [1.165, 1.54) is 11.8 Å². The van der Waals surface area contributed by atoms with Gasteiger partial charge in [-0.3, -0.25) is 9.78 Å². The number of nitrogen functional groups attached to an aromatic ring is 1. The molecule has 0 aliphatic carbocycles. The number of nitrogens with zero attached hydrogens (tertiary/aromatic N) is 4.